The summed E-state index contributed by atoms with van der Waals surface area (Å²) in [6.45, 7) is 0. The third kappa shape index (κ3) is 3.85. The molecular weight excluding hydrogens is 420 g/mol. The van der Waals surface area contributed by atoms with Crippen LogP contribution in [0.15, 0.2) is 67.0 Å². The molecule has 2 heterocycles. The average Bonchev–Trinajstić information content (AvgIpc) is 3.22. The van der Waals surface area contributed by atoms with Crippen molar-refractivity contribution in [2.24, 2.45) is 5.92 Å². The Labute approximate surface area is 186 Å². The van der Waals surface area contributed by atoms with E-state index in [1.54, 1.807) is 6.07 Å². The van der Waals surface area contributed by atoms with Crippen LogP contribution >= 0.6 is 0 Å². The molecule has 0 saturated heterocycles. The molecule has 1 aliphatic rings. The minimum Gasteiger partial charge on any atom is -0.284 e. The fraction of sp³-hybridized carbons (Fsp3) is 0.200. The Kier molecular flexibility index (Phi) is 4.95. The molecule has 6 nitrogen and oxygen atoms in total. The fourth-order valence-corrected chi connectivity index (χ4v) is 4.96. The molecule has 5 rings (SSSR count). The minimum atomic E-state index is -3.32. The summed E-state index contributed by atoms with van der Waals surface area (Å²) in [5.41, 5.74) is 6.12. The van der Waals surface area contributed by atoms with Crippen molar-refractivity contribution in [3.05, 3.63) is 72.6 Å². The van der Waals surface area contributed by atoms with Crippen LogP contribution in [0.3, 0.4) is 0 Å². The number of fused-ring (bicyclic) bond motifs is 2. The van der Waals surface area contributed by atoms with E-state index in [0.717, 1.165) is 58.5 Å². The lowest BCUT2D eigenvalue weighted by Gasteiger charge is -2.18. The van der Waals surface area contributed by atoms with Gasteiger partial charge >= 0.3 is 0 Å². The minimum absolute atomic E-state index is 0.102. The van der Waals surface area contributed by atoms with Crippen LogP contribution in [0.25, 0.3) is 33.0 Å². The molecule has 0 bridgehead atoms. The number of pyridine rings is 1. The van der Waals surface area contributed by atoms with Crippen LogP contribution in [0.4, 0.5) is 5.69 Å². The van der Waals surface area contributed by atoms with E-state index >= 15 is 0 Å². The highest BCUT2D eigenvalue weighted by atomic mass is 32.2. The predicted molar refractivity (Wildman–Crippen MR) is 128 cm³/mol. The highest BCUT2D eigenvalue weighted by Gasteiger charge is 2.19. The summed E-state index contributed by atoms with van der Waals surface area (Å²) in [6, 6.07) is 18.2. The summed E-state index contributed by atoms with van der Waals surface area (Å²) < 4.78 is 27.5. The Morgan fingerprint density at radius 1 is 1.12 bits per heavy atom. The molecule has 160 valence electrons. The molecule has 1 aliphatic carbocycles. The second kappa shape index (κ2) is 7.81. The van der Waals surface area contributed by atoms with Gasteiger partial charge < -0.3 is 0 Å². The van der Waals surface area contributed by atoms with Gasteiger partial charge in [-0.05, 0) is 65.4 Å². The molecule has 0 aliphatic heterocycles. The summed E-state index contributed by atoms with van der Waals surface area (Å²) in [5.74, 6) is 0.102. The Morgan fingerprint density at radius 2 is 1.94 bits per heavy atom. The molecule has 32 heavy (non-hydrogen) atoms. The number of benzene rings is 2. The number of sulfonamides is 1. The summed E-state index contributed by atoms with van der Waals surface area (Å²) in [4.78, 5) is 0. The first-order valence-electron chi connectivity index (χ1n) is 10.5. The van der Waals surface area contributed by atoms with Crippen LogP contribution in [-0.4, -0.2) is 24.3 Å². The molecule has 2 aromatic heterocycles. The molecule has 4 aromatic rings. The lowest BCUT2D eigenvalue weighted by molar-refractivity contribution is 0.604. The number of rotatable bonds is 4. The van der Waals surface area contributed by atoms with Gasteiger partial charge in [-0.25, -0.2) is 12.9 Å². The normalized spacial score (nSPS) is 16.6. The predicted octanol–water partition coefficient (Wildman–Crippen LogP) is 5.23. The second-order valence-corrected chi connectivity index (χ2v) is 10.0. The van der Waals surface area contributed by atoms with Crippen molar-refractivity contribution in [1.82, 2.24) is 9.61 Å². The van der Waals surface area contributed by atoms with Gasteiger partial charge in [0.1, 0.15) is 0 Å². The average molecular weight is 443 g/mol. The van der Waals surface area contributed by atoms with Crippen LogP contribution < -0.4 is 4.72 Å². The Hall–Kier alpha value is -3.63. The zero-order valence-electron chi connectivity index (χ0n) is 17.6. The maximum absolute atomic E-state index is 11.5. The van der Waals surface area contributed by atoms with Crippen LogP contribution in [0.5, 0.6) is 0 Å². The van der Waals surface area contributed by atoms with E-state index in [4.69, 9.17) is 0 Å². The number of aromatic nitrogens is 2. The van der Waals surface area contributed by atoms with Gasteiger partial charge in [0.05, 0.1) is 30.0 Å². The third-order valence-corrected chi connectivity index (χ3v) is 6.54. The maximum Gasteiger partial charge on any atom is 0.229 e. The molecule has 0 spiro atoms. The number of hydrogen-bond donors (Lipinski definition) is 1. The largest absolute Gasteiger partial charge is 0.284 e. The first-order chi connectivity index (χ1) is 15.4. The number of hydrogen-bond acceptors (Lipinski definition) is 4. The van der Waals surface area contributed by atoms with Gasteiger partial charge in [-0.15, -0.1) is 0 Å². The second-order valence-electron chi connectivity index (χ2n) is 8.25. The lowest BCUT2D eigenvalue weighted by Crippen LogP contribution is -2.09. The van der Waals surface area contributed by atoms with Gasteiger partial charge in [-0.2, -0.15) is 10.4 Å². The van der Waals surface area contributed by atoms with E-state index in [2.05, 4.69) is 34.1 Å². The SMILES string of the molecule is CS(=O)(=O)Nc1ccc2cc(-c3cnn4cccc(C5=CCC(C#N)CC5)c34)ccc2c1. The van der Waals surface area contributed by atoms with Crippen molar-refractivity contribution in [2.45, 2.75) is 19.3 Å². The fourth-order valence-electron chi connectivity index (χ4n) is 4.40. The van der Waals surface area contributed by atoms with Gasteiger partial charge in [-0.3, -0.25) is 4.72 Å². The Balaban J connectivity index is 1.58. The quantitative estimate of drug-likeness (QED) is 0.469. The van der Waals surface area contributed by atoms with Crippen LogP contribution in [0.2, 0.25) is 0 Å². The molecule has 1 atom stereocenters. The number of allylic oxidation sites excluding steroid dienone is 2. The van der Waals surface area contributed by atoms with Gasteiger partial charge in [0.15, 0.2) is 0 Å². The van der Waals surface area contributed by atoms with Gasteiger partial charge in [0, 0.05) is 23.0 Å². The third-order valence-electron chi connectivity index (χ3n) is 5.93. The van der Waals surface area contributed by atoms with E-state index in [1.165, 1.54) is 5.57 Å². The molecule has 7 heteroatoms. The zero-order chi connectivity index (χ0) is 22.3. The molecule has 0 saturated carbocycles. The van der Waals surface area contributed by atoms with Gasteiger partial charge in [0.2, 0.25) is 10.0 Å². The molecule has 0 radical (unpaired) electrons. The van der Waals surface area contributed by atoms with Crippen molar-refractivity contribution in [3.63, 3.8) is 0 Å². The highest BCUT2D eigenvalue weighted by Crippen LogP contribution is 2.36. The van der Waals surface area contributed by atoms with E-state index in [9.17, 15) is 13.7 Å². The maximum atomic E-state index is 11.5. The smallest absolute Gasteiger partial charge is 0.229 e. The molecule has 1 unspecified atom stereocenters. The van der Waals surface area contributed by atoms with Crippen molar-refractivity contribution < 1.29 is 8.42 Å². The Bertz CT molecular complexity index is 1530. The molecule has 2 aromatic carbocycles. The number of nitrogens with zero attached hydrogens (tertiary/aromatic N) is 3. The van der Waals surface area contributed by atoms with E-state index in [1.807, 2.05) is 47.2 Å². The highest BCUT2D eigenvalue weighted by molar-refractivity contribution is 7.92. The van der Waals surface area contributed by atoms with Crippen molar-refractivity contribution in [2.75, 3.05) is 11.0 Å². The van der Waals surface area contributed by atoms with Gasteiger partial charge in [-0.1, -0.05) is 30.3 Å². The van der Waals surface area contributed by atoms with Crippen LogP contribution in [-0.2, 0) is 10.0 Å². The topological polar surface area (TPSA) is 87.3 Å². The van der Waals surface area contributed by atoms with E-state index in [-0.39, 0.29) is 5.92 Å². The summed E-state index contributed by atoms with van der Waals surface area (Å²) in [7, 11) is -3.32. The molecular formula is C25H22N4O2S. The Morgan fingerprint density at radius 3 is 2.69 bits per heavy atom. The van der Waals surface area contributed by atoms with Crippen LogP contribution in [0, 0.1) is 17.2 Å². The van der Waals surface area contributed by atoms with Crippen molar-refractivity contribution in [1.29, 1.82) is 5.26 Å². The number of anilines is 1. The lowest BCUT2D eigenvalue weighted by atomic mass is 9.86. The first kappa shape index (κ1) is 20.3. The molecule has 1 N–H and O–H groups in total. The van der Waals surface area contributed by atoms with E-state index in [0.29, 0.717) is 5.69 Å². The van der Waals surface area contributed by atoms with E-state index < -0.39 is 10.0 Å². The monoisotopic (exact) mass is 442 g/mol. The molecule has 0 amide bonds. The molecule has 0 fully saturated rings. The number of nitriles is 1. The van der Waals surface area contributed by atoms with Crippen molar-refractivity contribution >= 4 is 37.6 Å². The summed E-state index contributed by atoms with van der Waals surface area (Å²) in [6.07, 6.45) is 9.74. The van der Waals surface area contributed by atoms with Gasteiger partial charge in [0.25, 0.3) is 0 Å². The first-order valence-corrected chi connectivity index (χ1v) is 12.4. The zero-order valence-corrected chi connectivity index (χ0v) is 18.4. The van der Waals surface area contributed by atoms with Crippen molar-refractivity contribution in [3.8, 4) is 17.2 Å². The van der Waals surface area contributed by atoms with Crippen LogP contribution in [0.1, 0.15) is 24.8 Å². The summed E-state index contributed by atoms with van der Waals surface area (Å²) in [5, 5.41) is 15.8. The standard InChI is InChI=1S/C25H22N4O2S/c1-32(30,31)28-22-11-10-19-13-21(9-8-20(19)14-22)24-16-27-29-12-2-3-23(25(24)29)18-6-4-17(15-26)5-7-18/h2-3,6,8-14,16-17,28H,4-5,7H2,1H3. The summed E-state index contributed by atoms with van der Waals surface area (Å²) >= 11 is 0. The number of nitrogens with one attached hydrogen (secondary N) is 1.